The first-order chi connectivity index (χ1) is 12.0. The van der Waals surface area contributed by atoms with Gasteiger partial charge in [0.25, 0.3) is 5.91 Å². The Bertz CT molecular complexity index is 755. The fourth-order valence-corrected chi connectivity index (χ4v) is 3.32. The van der Waals surface area contributed by atoms with Gasteiger partial charge in [0.05, 0.1) is 13.1 Å². The minimum atomic E-state index is -0.222. The summed E-state index contributed by atoms with van der Waals surface area (Å²) in [6.45, 7) is 4.92. The van der Waals surface area contributed by atoms with E-state index in [1.54, 1.807) is 18.1 Å². The Morgan fingerprint density at radius 1 is 1.08 bits per heavy atom. The summed E-state index contributed by atoms with van der Waals surface area (Å²) < 4.78 is 11.6. The molecule has 2 aromatic rings. The molecule has 3 rings (SSSR count). The molecule has 25 heavy (non-hydrogen) atoms. The van der Waals surface area contributed by atoms with E-state index in [4.69, 9.17) is 15.2 Å². The molecule has 2 aromatic carbocycles. The molecular formula is C20H24N2O3. The highest BCUT2D eigenvalue weighted by molar-refractivity contribution is 5.97. The third-order valence-corrected chi connectivity index (χ3v) is 4.65. The fourth-order valence-electron chi connectivity index (χ4n) is 3.32. The van der Waals surface area contributed by atoms with Crippen LogP contribution >= 0.6 is 0 Å². The number of carbonyl (C=O) groups excluding carboxylic acids is 1. The molecule has 0 spiro atoms. The average Bonchev–Trinajstić information content (AvgIpc) is 2.97. The summed E-state index contributed by atoms with van der Waals surface area (Å²) >= 11 is 0. The monoisotopic (exact) mass is 340 g/mol. The van der Waals surface area contributed by atoms with Gasteiger partial charge in [-0.25, -0.2) is 0 Å². The summed E-state index contributed by atoms with van der Waals surface area (Å²) in [5.74, 6) is 0.713. The first-order valence-electron chi connectivity index (χ1n) is 8.40. The number of methoxy groups -OCH3 is 1. The van der Waals surface area contributed by atoms with Crippen LogP contribution in [0, 0.1) is 13.8 Å². The number of amides is 1. The van der Waals surface area contributed by atoms with Gasteiger partial charge in [0, 0.05) is 24.4 Å². The zero-order valence-corrected chi connectivity index (χ0v) is 14.9. The summed E-state index contributed by atoms with van der Waals surface area (Å²) in [5, 5.41) is 0. The van der Waals surface area contributed by atoms with Crippen LogP contribution < -0.4 is 10.5 Å². The number of benzene rings is 2. The van der Waals surface area contributed by atoms with Crippen molar-refractivity contribution >= 4 is 11.6 Å². The van der Waals surface area contributed by atoms with E-state index in [1.807, 2.05) is 50.2 Å². The summed E-state index contributed by atoms with van der Waals surface area (Å²) in [5.41, 5.74) is 9.19. The largest absolute Gasteiger partial charge is 0.486 e. The zero-order chi connectivity index (χ0) is 18.0. The van der Waals surface area contributed by atoms with Crippen molar-refractivity contribution in [2.24, 2.45) is 0 Å². The minimum absolute atomic E-state index is 0.0244. The number of aryl methyl sites for hydroxylation is 2. The van der Waals surface area contributed by atoms with Crippen LogP contribution in [-0.2, 0) is 4.74 Å². The number of hydrogen-bond acceptors (Lipinski definition) is 4. The molecule has 132 valence electrons. The van der Waals surface area contributed by atoms with Gasteiger partial charge in [0.2, 0.25) is 0 Å². The van der Waals surface area contributed by atoms with Gasteiger partial charge in [-0.3, -0.25) is 4.79 Å². The van der Waals surface area contributed by atoms with Gasteiger partial charge in [0.1, 0.15) is 18.0 Å². The molecule has 0 aliphatic carbocycles. The Hall–Kier alpha value is -2.53. The predicted octanol–water partition coefficient (Wildman–Crippen LogP) is 2.80. The Morgan fingerprint density at radius 3 is 2.36 bits per heavy atom. The molecule has 1 aliphatic rings. The number of rotatable bonds is 4. The van der Waals surface area contributed by atoms with Crippen LogP contribution in [0.1, 0.15) is 21.5 Å². The van der Waals surface area contributed by atoms with E-state index in [0.29, 0.717) is 24.5 Å². The molecule has 1 aliphatic heterocycles. The highest BCUT2D eigenvalue weighted by Gasteiger charge is 2.38. The van der Waals surface area contributed by atoms with Crippen molar-refractivity contribution in [3.05, 3.63) is 59.2 Å². The predicted molar refractivity (Wildman–Crippen MR) is 97.9 cm³/mol. The topological polar surface area (TPSA) is 64.8 Å². The van der Waals surface area contributed by atoms with Gasteiger partial charge in [0.15, 0.2) is 0 Å². The molecule has 2 unspecified atom stereocenters. The van der Waals surface area contributed by atoms with E-state index in [-0.39, 0.29) is 18.1 Å². The maximum Gasteiger partial charge on any atom is 0.254 e. The van der Waals surface area contributed by atoms with Crippen molar-refractivity contribution in [1.82, 2.24) is 4.90 Å². The number of nitrogen functional groups attached to an aromatic ring is 1. The Morgan fingerprint density at radius 2 is 1.72 bits per heavy atom. The van der Waals surface area contributed by atoms with Crippen molar-refractivity contribution in [2.75, 3.05) is 25.9 Å². The molecule has 1 amide bonds. The smallest absolute Gasteiger partial charge is 0.254 e. The van der Waals surface area contributed by atoms with Gasteiger partial charge in [-0.05, 0) is 37.1 Å². The van der Waals surface area contributed by atoms with Crippen LogP contribution in [0.4, 0.5) is 5.69 Å². The van der Waals surface area contributed by atoms with E-state index < -0.39 is 0 Å². The molecule has 0 radical (unpaired) electrons. The van der Waals surface area contributed by atoms with Crippen molar-refractivity contribution < 1.29 is 14.3 Å². The van der Waals surface area contributed by atoms with Crippen LogP contribution in [0.25, 0.3) is 0 Å². The molecule has 1 saturated heterocycles. The van der Waals surface area contributed by atoms with E-state index in [0.717, 1.165) is 16.7 Å². The van der Waals surface area contributed by atoms with Crippen LogP contribution in [0.3, 0.4) is 0 Å². The van der Waals surface area contributed by atoms with E-state index in [2.05, 4.69) is 0 Å². The van der Waals surface area contributed by atoms with E-state index in [1.165, 1.54) is 0 Å². The average molecular weight is 340 g/mol. The van der Waals surface area contributed by atoms with Gasteiger partial charge >= 0.3 is 0 Å². The van der Waals surface area contributed by atoms with Crippen LogP contribution in [-0.4, -0.2) is 43.2 Å². The SMILES string of the molecule is COC1CN(C(=O)c2c(C)cccc2C)CC1Oc1cccc(N)c1. The van der Waals surface area contributed by atoms with Crippen molar-refractivity contribution in [3.63, 3.8) is 0 Å². The number of likely N-dealkylation sites (tertiary alicyclic amines) is 1. The van der Waals surface area contributed by atoms with Gasteiger partial charge in [-0.2, -0.15) is 0 Å². The number of anilines is 1. The maximum absolute atomic E-state index is 13.0. The first kappa shape index (κ1) is 17.3. The molecular weight excluding hydrogens is 316 g/mol. The number of hydrogen-bond donors (Lipinski definition) is 1. The zero-order valence-electron chi connectivity index (χ0n) is 14.9. The molecule has 1 fully saturated rings. The lowest BCUT2D eigenvalue weighted by molar-refractivity contribution is 0.0340. The number of nitrogens with two attached hydrogens (primary N) is 1. The van der Waals surface area contributed by atoms with Crippen LogP contribution in [0.15, 0.2) is 42.5 Å². The Labute approximate surface area is 148 Å². The number of carbonyl (C=O) groups is 1. The molecule has 0 aromatic heterocycles. The minimum Gasteiger partial charge on any atom is -0.486 e. The van der Waals surface area contributed by atoms with Crippen molar-refractivity contribution in [3.8, 4) is 5.75 Å². The lowest BCUT2D eigenvalue weighted by atomic mass is 10.0. The summed E-state index contributed by atoms with van der Waals surface area (Å²) in [6, 6.07) is 13.2. The van der Waals surface area contributed by atoms with E-state index in [9.17, 15) is 4.79 Å². The summed E-state index contributed by atoms with van der Waals surface area (Å²) in [7, 11) is 1.65. The second-order valence-electron chi connectivity index (χ2n) is 6.48. The third kappa shape index (κ3) is 3.61. The second-order valence-corrected chi connectivity index (χ2v) is 6.48. The highest BCUT2D eigenvalue weighted by Crippen LogP contribution is 2.25. The first-order valence-corrected chi connectivity index (χ1v) is 8.40. The molecule has 5 nitrogen and oxygen atoms in total. The lowest BCUT2D eigenvalue weighted by Gasteiger charge is -2.19. The van der Waals surface area contributed by atoms with Crippen LogP contribution in [0.2, 0.25) is 0 Å². The van der Waals surface area contributed by atoms with Crippen molar-refractivity contribution in [1.29, 1.82) is 0 Å². The molecule has 0 bridgehead atoms. The van der Waals surface area contributed by atoms with Crippen LogP contribution in [0.5, 0.6) is 5.75 Å². The molecule has 2 atom stereocenters. The normalized spacial score (nSPS) is 19.9. The van der Waals surface area contributed by atoms with Gasteiger partial charge in [-0.1, -0.05) is 24.3 Å². The quantitative estimate of drug-likeness (QED) is 0.869. The Kier molecular flexibility index (Phi) is 4.95. The summed E-state index contributed by atoms with van der Waals surface area (Å²) in [4.78, 5) is 14.8. The van der Waals surface area contributed by atoms with Crippen molar-refractivity contribution in [2.45, 2.75) is 26.1 Å². The third-order valence-electron chi connectivity index (χ3n) is 4.65. The van der Waals surface area contributed by atoms with Gasteiger partial charge in [-0.15, -0.1) is 0 Å². The fraction of sp³-hybridized carbons (Fsp3) is 0.350. The summed E-state index contributed by atoms with van der Waals surface area (Å²) in [6.07, 6.45) is -0.394. The highest BCUT2D eigenvalue weighted by atomic mass is 16.5. The molecule has 0 saturated carbocycles. The Balaban J connectivity index is 1.78. The maximum atomic E-state index is 13.0. The standard InChI is InChI=1S/C20H24N2O3/c1-13-6-4-7-14(2)19(13)20(23)22-11-17(24-3)18(12-22)25-16-9-5-8-15(21)10-16/h4-10,17-18H,11-12,21H2,1-3H3. The van der Waals surface area contributed by atoms with Gasteiger partial charge < -0.3 is 20.1 Å². The second kappa shape index (κ2) is 7.15. The molecule has 1 heterocycles. The van der Waals surface area contributed by atoms with E-state index >= 15 is 0 Å². The molecule has 5 heteroatoms. The molecule has 2 N–H and O–H groups in total. The number of nitrogens with zero attached hydrogens (tertiary/aromatic N) is 1. The number of ether oxygens (including phenoxy) is 2. The lowest BCUT2D eigenvalue weighted by Crippen LogP contribution is -2.32.